The predicted molar refractivity (Wildman–Crippen MR) is 68.3 cm³/mol. The molecule has 1 aromatic rings. The van der Waals surface area contributed by atoms with Crippen LogP contribution in [0.25, 0.3) is 0 Å². The first kappa shape index (κ1) is 11.6. The zero-order valence-electron chi connectivity index (χ0n) is 9.59. The van der Waals surface area contributed by atoms with E-state index in [2.05, 4.69) is 15.0 Å². The Hall–Kier alpha value is -0.900. The van der Waals surface area contributed by atoms with Crippen molar-refractivity contribution in [3.63, 3.8) is 0 Å². The molecule has 86 valence electrons. The highest BCUT2D eigenvalue weighted by molar-refractivity contribution is 7.98. The molecular formula is C12H17N3S. The maximum Gasteiger partial charge on any atom is 0.187 e. The van der Waals surface area contributed by atoms with Gasteiger partial charge in [0.1, 0.15) is 0 Å². The van der Waals surface area contributed by atoms with Gasteiger partial charge in [-0.3, -0.25) is 4.99 Å². The van der Waals surface area contributed by atoms with Gasteiger partial charge in [-0.25, -0.2) is 9.97 Å². The number of thioether (sulfide) groups is 1. The van der Waals surface area contributed by atoms with Gasteiger partial charge in [0.2, 0.25) is 0 Å². The molecule has 1 aromatic heterocycles. The number of hydrogen-bond donors (Lipinski definition) is 0. The Balaban J connectivity index is 1.98. The zero-order chi connectivity index (χ0) is 11.2. The van der Waals surface area contributed by atoms with Crippen molar-refractivity contribution in [2.75, 3.05) is 6.26 Å². The summed E-state index contributed by atoms with van der Waals surface area (Å²) < 4.78 is 0. The van der Waals surface area contributed by atoms with Gasteiger partial charge in [0.25, 0.3) is 0 Å². The number of aliphatic imine (C=N–C) groups is 1. The first-order valence-corrected chi connectivity index (χ1v) is 7.01. The minimum Gasteiger partial charge on any atom is -0.288 e. The smallest absolute Gasteiger partial charge is 0.187 e. The summed E-state index contributed by atoms with van der Waals surface area (Å²) in [6.45, 7) is 0. The molecule has 0 unspecified atom stereocenters. The third-order valence-electron chi connectivity index (χ3n) is 2.83. The van der Waals surface area contributed by atoms with Crippen molar-refractivity contribution in [2.45, 2.75) is 43.3 Å². The zero-order valence-corrected chi connectivity index (χ0v) is 10.4. The van der Waals surface area contributed by atoms with Gasteiger partial charge in [-0.1, -0.05) is 31.0 Å². The summed E-state index contributed by atoms with van der Waals surface area (Å²) in [4.78, 5) is 13.1. The van der Waals surface area contributed by atoms with Gasteiger partial charge >= 0.3 is 0 Å². The van der Waals surface area contributed by atoms with Crippen LogP contribution in [0.3, 0.4) is 0 Å². The van der Waals surface area contributed by atoms with Crippen molar-refractivity contribution < 1.29 is 0 Å². The summed E-state index contributed by atoms with van der Waals surface area (Å²) in [5, 5.41) is 0.813. The first-order chi connectivity index (χ1) is 7.88. The maximum atomic E-state index is 4.60. The van der Waals surface area contributed by atoms with Crippen molar-refractivity contribution in [1.82, 2.24) is 9.97 Å². The van der Waals surface area contributed by atoms with Crippen molar-refractivity contribution in [2.24, 2.45) is 4.99 Å². The Labute approximate surface area is 101 Å². The third-order valence-corrected chi connectivity index (χ3v) is 3.39. The lowest BCUT2D eigenvalue weighted by molar-refractivity contribution is 0.444. The van der Waals surface area contributed by atoms with Gasteiger partial charge in [0.15, 0.2) is 5.16 Å². The van der Waals surface area contributed by atoms with Crippen LogP contribution >= 0.6 is 11.8 Å². The van der Waals surface area contributed by atoms with Crippen LogP contribution in [0.5, 0.6) is 0 Å². The van der Waals surface area contributed by atoms with Crippen LogP contribution in [0.2, 0.25) is 0 Å². The first-order valence-electron chi connectivity index (χ1n) is 5.78. The molecule has 1 fully saturated rings. The van der Waals surface area contributed by atoms with Gasteiger partial charge in [0.05, 0.1) is 11.7 Å². The van der Waals surface area contributed by atoms with E-state index in [0.717, 1.165) is 10.9 Å². The Morgan fingerprint density at radius 3 is 2.94 bits per heavy atom. The molecule has 4 heteroatoms. The summed E-state index contributed by atoms with van der Waals surface area (Å²) in [5.74, 6) is 0. The third kappa shape index (κ3) is 3.30. The lowest BCUT2D eigenvalue weighted by Crippen LogP contribution is -2.09. The minimum absolute atomic E-state index is 0.515. The Bertz CT molecular complexity index is 359. The highest BCUT2D eigenvalue weighted by atomic mass is 32.2. The molecule has 2 rings (SSSR count). The fraction of sp³-hybridized carbons (Fsp3) is 0.583. The molecule has 3 nitrogen and oxygen atoms in total. The monoisotopic (exact) mass is 235 g/mol. The van der Waals surface area contributed by atoms with E-state index in [1.165, 1.54) is 32.1 Å². The van der Waals surface area contributed by atoms with Crippen LogP contribution in [0.1, 0.15) is 37.8 Å². The molecule has 0 bridgehead atoms. The summed E-state index contributed by atoms with van der Waals surface area (Å²) in [6.07, 6.45) is 12.2. The van der Waals surface area contributed by atoms with Crippen LogP contribution < -0.4 is 0 Å². The normalized spacial score (nSPS) is 18.1. The van der Waals surface area contributed by atoms with Crippen LogP contribution in [0.4, 0.5) is 0 Å². The minimum atomic E-state index is 0.515. The van der Waals surface area contributed by atoms with Crippen molar-refractivity contribution >= 4 is 18.0 Å². The second-order valence-electron chi connectivity index (χ2n) is 4.04. The molecule has 0 N–H and O–H groups in total. The van der Waals surface area contributed by atoms with E-state index >= 15 is 0 Å². The predicted octanol–water partition coefficient (Wildman–Crippen LogP) is 2.95. The van der Waals surface area contributed by atoms with Crippen LogP contribution in [0, 0.1) is 0 Å². The van der Waals surface area contributed by atoms with Gasteiger partial charge in [0, 0.05) is 12.4 Å². The van der Waals surface area contributed by atoms with E-state index in [4.69, 9.17) is 0 Å². The molecule has 0 radical (unpaired) electrons. The molecule has 1 aliphatic carbocycles. The fourth-order valence-electron chi connectivity index (χ4n) is 1.94. The van der Waals surface area contributed by atoms with Crippen LogP contribution in [0.15, 0.2) is 22.4 Å². The molecule has 0 aromatic carbocycles. The molecule has 1 aliphatic rings. The molecular weight excluding hydrogens is 218 g/mol. The summed E-state index contributed by atoms with van der Waals surface area (Å²) in [6, 6.07) is 2.42. The van der Waals surface area contributed by atoms with E-state index in [-0.39, 0.29) is 0 Å². The number of aromatic nitrogens is 2. The van der Waals surface area contributed by atoms with Gasteiger partial charge < -0.3 is 0 Å². The van der Waals surface area contributed by atoms with Crippen molar-refractivity contribution in [3.8, 4) is 0 Å². The molecule has 1 heterocycles. The van der Waals surface area contributed by atoms with E-state index in [1.54, 1.807) is 18.0 Å². The standard InChI is InChI=1S/C12H17N3S/c1-16-12-13-8-7-11(15-12)9-14-10-5-3-2-4-6-10/h7-10H,2-6H2,1H3/b14-9-. The molecule has 16 heavy (non-hydrogen) atoms. The Morgan fingerprint density at radius 1 is 1.38 bits per heavy atom. The topological polar surface area (TPSA) is 38.1 Å². The average molecular weight is 235 g/mol. The highest BCUT2D eigenvalue weighted by Gasteiger charge is 2.10. The number of hydrogen-bond acceptors (Lipinski definition) is 4. The lowest BCUT2D eigenvalue weighted by atomic mass is 9.96. The maximum absolute atomic E-state index is 4.60. The summed E-state index contributed by atoms with van der Waals surface area (Å²) in [7, 11) is 0. The Kier molecular flexibility index (Phi) is 4.34. The largest absolute Gasteiger partial charge is 0.288 e. The summed E-state index contributed by atoms with van der Waals surface area (Å²) >= 11 is 1.56. The van der Waals surface area contributed by atoms with Gasteiger partial charge in [-0.2, -0.15) is 0 Å². The van der Waals surface area contributed by atoms with E-state index in [0.29, 0.717) is 6.04 Å². The lowest BCUT2D eigenvalue weighted by Gasteiger charge is -2.16. The van der Waals surface area contributed by atoms with Crippen molar-refractivity contribution in [3.05, 3.63) is 18.0 Å². The van der Waals surface area contributed by atoms with Crippen molar-refractivity contribution in [1.29, 1.82) is 0 Å². The number of rotatable bonds is 3. The molecule has 0 atom stereocenters. The van der Waals surface area contributed by atoms with Crippen LogP contribution in [-0.2, 0) is 0 Å². The second-order valence-corrected chi connectivity index (χ2v) is 4.81. The molecule has 0 spiro atoms. The van der Waals surface area contributed by atoms with Gasteiger partial charge in [-0.15, -0.1) is 0 Å². The SMILES string of the molecule is CSc1nccc(/C=N\C2CCCCC2)n1. The van der Waals surface area contributed by atoms with E-state index in [1.807, 2.05) is 18.5 Å². The Morgan fingerprint density at radius 2 is 2.19 bits per heavy atom. The second kappa shape index (κ2) is 5.99. The average Bonchev–Trinajstić information content (AvgIpc) is 2.38. The molecule has 0 aliphatic heterocycles. The van der Waals surface area contributed by atoms with Gasteiger partial charge in [-0.05, 0) is 25.2 Å². The summed E-state index contributed by atoms with van der Waals surface area (Å²) in [5.41, 5.74) is 0.921. The van der Waals surface area contributed by atoms with Crippen LogP contribution in [-0.4, -0.2) is 28.5 Å². The highest BCUT2D eigenvalue weighted by Crippen LogP contribution is 2.20. The molecule has 1 saturated carbocycles. The molecule has 0 amide bonds. The number of nitrogens with zero attached hydrogens (tertiary/aromatic N) is 3. The van der Waals surface area contributed by atoms with E-state index < -0.39 is 0 Å². The quantitative estimate of drug-likeness (QED) is 0.459. The van der Waals surface area contributed by atoms with E-state index in [9.17, 15) is 0 Å². The fourth-order valence-corrected chi connectivity index (χ4v) is 2.30. The molecule has 0 saturated heterocycles.